The van der Waals surface area contributed by atoms with Crippen molar-refractivity contribution < 1.29 is 18.7 Å². The zero-order chi connectivity index (χ0) is 23.0. The molecule has 0 saturated carbocycles. The molecule has 0 spiro atoms. The molecule has 8 nitrogen and oxygen atoms in total. The maximum absolute atomic E-state index is 13.0. The number of ether oxygens (including phenoxy) is 1. The number of rotatable bonds is 6. The monoisotopic (exact) mass is 453 g/mol. The Hall–Kier alpha value is -3.46. The van der Waals surface area contributed by atoms with Crippen LogP contribution in [0.15, 0.2) is 45.9 Å². The minimum absolute atomic E-state index is 0.174. The highest BCUT2D eigenvalue weighted by molar-refractivity contribution is 7.20. The number of furan rings is 1. The standard InChI is InChI=1S/C23H23N3O5S/c1-5-30-23(29)20-13(2)19-21(32-20)24-12-26(22(19)28)11-18(27)25(4)14(3)17-10-15-8-6-7-9-16(15)31-17/h6-10,12,14H,5,11H2,1-4H3. The highest BCUT2D eigenvalue weighted by Crippen LogP contribution is 2.28. The number of amides is 1. The van der Waals surface area contributed by atoms with Crippen LogP contribution < -0.4 is 5.56 Å². The summed E-state index contributed by atoms with van der Waals surface area (Å²) < 4.78 is 12.2. The van der Waals surface area contributed by atoms with Gasteiger partial charge < -0.3 is 14.1 Å². The molecule has 166 valence electrons. The second kappa shape index (κ2) is 8.58. The van der Waals surface area contributed by atoms with Crippen LogP contribution >= 0.6 is 11.3 Å². The molecule has 1 amide bonds. The lowest BCUT2D eigenvalue weighted by molar-refractivity contribution is -0.132. The Morgan fingerprint density at radius 2 is 2.06 bits per heavy atom. The van der Waals surface area contributed by atoms with Crippen LogP contribution in [0.1, 0.15) is 40.9 Å². The van der Waals surface area contributed by atoms with Crippen molar-refractivity contribution in [2.45, 2.75) is 33.4 Å². The normalized spacial score (nSPS) is 12.2. The van der Waals surface area contributed by atoms with Gasteiger partial charge in [0.1, 0.15) is 27.6 Å². The van der Waals surface area contributed by atoms with E-state index in [9.17, 15) is 14.4 Å². The fraction of sp³-hybridized carbons (Fsp3) is 0.304. The third-order valence-corrected chi connectivity index (χ3v) is 6.69. The third kappa shape index (κ3) is 3.80. The van der Waals surface area contributed by atoms with Crippen molar-refractivity contribution in [2.24, 2.45) is 0 Å². The molecule has 1 aromatic carbocycles. The van der Waals surface area contributed by atoms with Gasteiger partial charge in [0.25, 0.3) is 5.56 Å². The Morgan fingerprint density at radius 3 is 2.78 bits per heavy atom. The van der Waals surface area contributed by atoms with Crippen molar-refractivity contribution in [3.63, 3.8) is 0 Å². The molecule has 1 unspecified atom stereocenters. The van der Waals surface area contributed by atoms with Crippen LogP contribution in [-0.2, 0) is 16.1 Å². The Kier molecular flexibility index (Phi) is 5.84. The van der Waals surface area contributed by atoms with Gasteiger partial charge in [-0.3, -0.25) is 14.2 Å². The summed E-state index contributed by atoms with van der Waals surface area (Å²) in [5.74, 6) is -0.0788. The number of fused-ring (bicyclic) bond motifs is 2. The van der Waals surface area contributed by atoms with Crippen molar-refractivity contribution in [3.05, 3.63) is 63.2 Å². The summed E-state index contributed by atoms with van der Waals surface area (Å²) in [6.45, 7) is 5.35. The zero-order valence-corrected chi connectivity index (χ0v) is 19.1. The van der Waals surface area contributed by atoms with E-state index in [0.717, 1.165) is 22.3 Å². The Bertz CT molecular complexity index is 1350. The molecule has 4 aromatic rings. The summed E-state index contributed by atoms with van der Waals surface area (Å²) in [4.78, 5) is 44.8. The van der Waals surface area contributed by atoms with Crippen molar-refractivity contribution in [1.82, 2.24) is 14.5 Å². The largest absolute Gasteiger partial charge is 0.462 e. The van der Waals surface area contributed by atoms with Crippen molar-refractivity contribution in [2.75, 3.05) is 13.7 Å². The molecule has 1 atom stereocenters. The maximum atomic E-state index is 13.0. The van der Waals surface area contributed by atoms with Crippen LogP contribution in [0.4, 0.5) is 0 Å². The summed E-state index contributed by atoms with van der Waals surface area (Å²) in [5.41, 5.74) is 0.913. The second-order valence-corrected chi connectivity index (χ2v) is 8.50. The molecule has 0 fully saturated rings. The van der Waals surface area contributed by atoms with E-state index in [4.69, 9.17) is 9.15 Å². The lowest BCUT2D eigenvalue weighted by Gasteiger charge is -2.23. The molecule has 4 rings (SSSR count). The molecular formula is C23H23N3O5S. The van der Waals surface area contributed by atoms with E-state index in [1.807, 2.05) is 37.3 Å². The van der Waals surface area contributed by atoms with E-state index in [0.29, 0.717) is 26.4 Å². The first-order valence-corrected chi connectivity index (χ1v) is 11.0. The molecule has 0 N–H and O–H groups in total. The number of aryl methyl sites for hydroxylation is 1. The van der Waals surface area contributed by atoms with E-state index in [-0.39, 0.29) is 30.7 Å². The van der Waals surface area contributed by atoms with Crippen LogP contribution in [0.3, 0.4) is 0 Å². The minimum Gasteiger partial charge on any atom is -0.462 e. The van der Waals surface area contributed by atoms with E-state index in [1.54, 1.807) is 25.8 Å². The molecule has 32 heavy (non-hydrogen) atoms. The third-order valence-electron chi connectivity index (χ3n) is 5.51. The number of hydrogen-bond acceptors (Lipinski definition) is 7. The quantitative estimate of drug-likeness (QED) is 0.411. The number of para-hydroxylation sites is 1. The highest BCUT2D eigenvalue weighted by Gasteiger charge is 2.24. The fourth-order valence-corrected chi connectivity index (χ4v) is 4.57. The number of aromatic nitrogens is 2. The number of likely N-dealkylation sites (N-methyl/N-ethyl adjacent to an activating group) is 1. The van der Waals surface area contributed by atoms with Crippen molar-refractivity contribution in [3.8, 4) is 0 Å². The first-order chi connectivity index (χ1) is 15.3. The topological polar surface area (TPSA) is 94.6 Å². The van der Waals surface area contributed by atoms with E-state index in [1.165, 1.54) is 10.9 Å². The number of thiophene rings is 1. The number of carbonyl (C=O) groups excluding carboxylic acids is 2. The summed E-state index contributed by atoms with van der Waals surface area (Å²) >= 11 is 1.12. The van der Waals surface area contributed by atoms with E-state index in [2.05, 4.69) is 4.98 Å². The molecular weight excluding hydrogens is 430 g/mol. The van der Waals surface area contributed by atoms with Gasteiger partial charge in [-0.15, -0.1) is 11.3 Å². The summed E-state index contributed by atoms with van der Waals surface area (Å²) in [5, 5.41) is 1.30. The molecule has 0 bridgehead atoms. The Morgan fingerprint density at radius 1 is 1.31 bits per heavy atom. The molecule has 3 heterocycles. The van der Waals surface area contributed by atoms with Gasteiger partial charge in [0, 0.05) is 12.4 Å². The van der Waals surface area contributed by atoms with Crippen molar-refractivity contribution >= 4 is 44.4 Å². The smallest absolute Gasteiger partial charge is 0.348 e. The van der Waals surface area contributed by atoms with E-state index >= 15 is 0 Å². The summed E-state index contributed by atoms with van der Waals surface area (Å²) in [6, 6.07) is 9.24. The van der Waals surface area contributed by atoms with Gasteiger partial charge in [0.2, 0.25) is 5.91 Å². The van der Waals surface area contributed by atoms with Crippen LogP contribution in [0.5, 0.6) is 0 Å². The minimum atomic E-state index is -0.477. The molecule has 0 saturated heterocycles. The van der Waals surface area contributed by atoms with Gasteiger partial charge in [0.15, 0.2) is 0 Å². The van der Waals surface area contributed by atoms with Crippen LogP contribution in [0, 0.1) is 6.92 Å². The summed E-state index contributed by atoms with van der Waals surface area (Å²) in [7, 11) is 1.67. The van der Waals surface area contributed by atoms with Gasteiger partial charge >= 0.3 is 5.97 Å². The fourth-order valence-electron chi connectivity index (χ4n) is 3.54. The van der Waals surface area contributed by atoms with Gasteiger partial charge in [-0.05, 0) is 38.5 Å². The number of esters is 1. The number of carbonyl (C=O) groups is 2. The van der Waals surface area contributed by atoms with Crippen LogP contribution in [0.2, 0.25) is 0 Å². The average Bonchev–Trinajstić information content (AvgIpc) is 3.36. The van der Waals surface area contributed by atoms with Gasteiger partial charge in [0.05, 0.1) is 24.4 Å². The highest BCUT2D eigenvalue weighted by atomic mass is 32.1. The van der Waals surface area contributed by atoms with Gasteiger partial charge in [-0.2, -0.15) is 0 Å². The molecule has 0 aliphatic heterocycles. The Balaban J connectivity index is 1.58. The maximum Gasteiger partial charge on any atom is 0.348 e. The summed E-state index contributed by atoms with van der Waals surface area (Å²) in [6.07, 6.45) is 1.34. The van der Waals surface area contributed by atoms with Crippen LogP contribution in [-0.4, -0.2) is 40.0 Å². The van der Waals surface area contributed by atoms with Gasteiger partial charge in [-0.25, -0.2) is 9.78 Å². The molecule has 0 radical (unpaired) electrons. The number of nitrogens with zero attached hydrogens (tertiary/aromatic N) is 3. The lowest BCUT2D eigenvalue weighted by Crippen LogP contribution is -2.35. The van der Waals surface area contributed by atoms with Crippen LogP contribution in [0.25, 0.3) is 21.2 Å². The van der Waals surface area contributed by atoms with Gasteiger partial charge in [-0.1, -0.05) is 18.2 Å². The molecule has 0 aliphatic carbocycles. The zero-order valence-electron chi connectivity index (χ0n) is 18.2. The molecule has 3 aromatic heterocycles. The SMILES string of the molecule is CCOC(=O)c1sc2ncn(CC(=O)N(C)C(C)c3cc4ccccc4o3)c(=O)c2c1C. The van der Waals surface area contributed by atoms with Crippen molar-refractivity contribution in [1.29, 1.82) is 0 Å². The predicted molar refractivity (Wildman–Crippen MR) is 122 cm³/mol. The second-order valence-electron chi connectivity index (χ2n) is 7.50. The molecule has 0 aliphatic rings. The first kappa shape index (κ1) is 21.8. The Labute approximate surface area is 188 Å². The first-order valence-electron chi connectivity index (χ1n) is 10.2. The lowest BCUT2D eigenvalue weighted by atomic mass is 10.2. The molecule has 9 heteroatoms. The average molecular weight is 454 g/mol. The van der Waals surface area contributed by atoms with E-state index < -0.39 is 5.97 Å². The predicted octanol–water partition coefficient (Wildman–Crippen LogP) is 3.91. The number of benzene rings is 1. The number of hydrogen-bond donors (Lipinski definition) is 0.